The summed E-state index contributed by atoms with van der Waals surface area (Å²) in [6.45, 7) is 1.01. The number of ether oxygens (including phenoxy) is 2. The van der Waals surface area contributed by atoms with Crippen molar-refractivity contribution in [3.63, 3.8) is 0 Å². The zero-order valence-electron chi connectivity index (χ0n) is 14.1. The number of carbonyl (C=O) groups is 5. The average molecular weight is 354 g/mol. The molecule has 138 valence electrons. The number of hydrogen-bond donors (Lipinski definition) is 1. The molecule has 0 bridgehead atoms. The number of imide groups is 2. The van der Waals surface area contributed by atoms with Crippen molar-refractivity contribution >= 4 is 29.8 Å². The zero-order valence-corrected chi connectivity index (χ0v) is 14.1. The van der Waals surface area contributed by atoms with E-state index in [1.807, 2.05) is 5.32 Å². The first-order valence-electron chi connectivity index (χ1n) is 8.41. The number of esters is 1. The van der Waals surface area contributed by atoms with E-state index in [2.05, 4.69) is 4.74 Å². The van der Waals surface area contributed by atoms with Crippen LogP contribution in [0.4, 0.5) is 4.79 Å². The molecular formula is C16H22N2O7. The van der Waals surface area contributed by atoms with Crippen LogP contribution in [0.3, 0.4) is 0 Å². The molecule has 0 aromatic carbocycles. The molecule has 25 heavy (non-hydrogen) atoms. The molecule has 1 saturated carbocycles. The Bertz CT molecular complexity index is 551. The average Bonchev–Trinajstić information content (AvgIpc) is 2.83. The van der Waals surface area contributed by atoms with Crippen molar-refractivity contribution in [2.75, 3.05) is 19.8 Å². The molecule has 2 aliphatic rings. The normalized spacial score (nSPS) is 22.4. The van der Waals surface area contributed by atoms with Gasteiger partial charge in [-0.05, 0) is 19.8 Å². The molecule has 0 radical (unpaired) electrons. The largest absolute Gasteiger partial charge is 0.456 e. The van der Waals surface area contributed by atoms with E-state index in [0.29, 0.717) is 12.8 Å². The molecular weight excluding hydrogens is 332 g/mol. The SMILES string of the molecule is CCOC(=O)NC(=O)COC(=O)CCN1C(=O)[C@H]2CCCC[C@@H]2C1=O. The van der Waals surface area contributed by atoms with Crippen molar-refractivity contribution in [1.29, 1.82) is 0 Å². The topological polar surface area (TPSA) is 119 Å². The van der Waals surface area contributed by atoms with Crippen LogP contribution in [0.2, 0.25) is 0 Å². The smallest absolute Gasteiger partial charge is 0.413 e. The van der Waals surface area contributed by atoms with E-state index >= 15 is 0 Å². The van der Waals surface area contributed by atoms with Gasteiger partial charge in [-0.3, -0.25) is 29.4 Å². The van der Waals surface area contributed by atoms with Crippen LogP contribution in [-0.2, 0) is 28.7 Å². The van der Waals surface area contributed by atoms with E-state index in [1.54, 1.807) is 6.92 Å². The lowest BCUT2D eigenvalue weighted by Crippen LogP contribution is -2.36. The Labute approximate surface area is 145 Å². The van der Waals surface area contributed by atoms with Gasteiger partial charge in [-0.15, -0.1) is 0 Å². The van der Waals surface area contributed by atoms with Gasteiger partial charge in [0.1, 0.15) is 0 Å². The molecule has 4 amide bonds. The molecule has 9 heteroatoms. The van der Waals surface area contributed by atoms with Gasteiger partial charge in [0.25, 0.3) is 5.91 Å². The molecule has 0 aromatic rings. The summed E-state index contributed by atoms with van der Waals surface area (Å²) in [5, 5.41) is 1.89. The Morgan fingerprint density at radius 2 is 1.68 bits per heavy atom. The van der Waals surface area contributed by atoms with E-state index in [0.717, 1.165) is 17.7 Å². The summed E-state index contributed by atoms with van der Waals surface area (Å²) in [6, 6.07) is 0. The predicted octanol–water partition coefficient (Wildman–Crippen LogP) is 0.368. The summed E-state index contributed by atoms with van der Waals surface area (Å²) in [6.07, 6.45) is 2.19. The number of fused-ring (bicyclic) bond motifs is 1. The third-order valence-electron chi connectivity index (χ3n) is 4.35. The van der Waals surface area contributed by atoms with E-state index in [-0.39, 0.29) is 43.2 Å². The zero-order chi connectivity index (χ0) is 18.4. The third kappa shape index (κ3) is 4.77. The Kier molecular flexibility index (Phi) is 6.49. The molecule has 1 aliphatic carbocycles. The first-order chi connectivity index (χ1) is 11.9. The predicted molar refractivity (Wildman–Crippen MR) is 82.9 cm³/mol. The van der Waals surface area contributed by atoms with Gasteiger partial charge in [-0.2, -0.15) is 0 Å². The number of nitrogens with one attached hydrogen (secondary N) is 1. The quantitative estimate of drug-likeness (QED) is 0.540. The number of likely N-dealkylation sites (tertiary alicyclic amines) is 1. The fourth-order valence-corrected chi connectivity index (χ4v) is 3.19. The summed E-state index contributed by atoms with van der Waals surface area (Å²) >= 11 is 0. The van der Waals surface area contributed by atoms with Gasteiger partial charge in [0.05, 0.1) is 24.9 Å². The van der Waals surface area contributed by atoms with Crippen molar-refractivity contribution in [1.82, 2.24) is 10.2 Å². The van der Waals surface area contributed by atoms with Crippen LogP contribution < -0.4 is 5.32 Å². The minimum atomic E-state index is -0.917. The van der Waals surface area contributed by atoms with E-state index in [9.17, 15) is 24.0 Å². The van der Waals surface area contributed by atoms with Gasteiger partial charge in [-0.1, -0.05) is 12.8 Å². The van der Waals surface area contributed by atoms with Gasteiger partial charge in [0.15, 0.2) is 6.61 Å². The van der Waals surface area contributed by atoms with Crippen molar-refractivity contribution in [3.05, 3.63) is 0 Å². The van der Waals surface area contributed by atoms with Crippen LogP contribution in [0, 0.1) is 11.8 Å². The highest BCUT2D eigenvalue weighted by atomic mass is 16.6. The fraction of sp³-hybridized carbons (Fsp3) is 0.688. The van der Waals surface area contributed by atoms with E-state index in [4.69, 9.17) is 4.74 Å². The number of carbonyl (C=O) groups excluding carboxylic acids is 5. The highest BCUT2D eigenvalue weighted by Crippen LogP contribution is 2.37. The van der Waals surface area contributed by atoms with Crippen molar-refractivity contribution in [2.24, 2.45) is 11.8 Å². The summed E-state index contributed by atoms with van der Waals surface area (Å²) in [4.78, 5) is 59.7. The van der Waals surface area contributed by atoms with Crippen LogP contribution in [0.25, 0.3) is 0 Å². The fourth-order valence-electron chi connectivity index (χ4n) is 3.19. The molecule has 1 aliphatic heterocycles. The minimum absolute atomic E-state index is 0.0526. The summed E-state index contributed by atoms with van der Waals surface area (Å²) in [5.41, 5.74) is 0. The van der Waals surface area contributed by atoms with Crippen LogP contribution in [0.1, 0.15) is 39.0 Å². The summed E-state index contributed by atoms with van der Waals surface area (Å²) in [5.74, 6) is -2.49. The molecule has 1 heterocycles. The monoisotopic (exact) mass is 354 g/mol. The number of rotatable bonds is 6. The second kappa shape index (κ2) is 8.59. The van der Waals surface area contributed by atoms with Gasteiger partial charge in [-0.25, -0.2) is 4.79 Å². The Balaban J connectivity index is 1.73. The van der Waals surface area contributed by atoms with E-state index < -0.39 is 24.6 Å². The molecule has 2 atom stereocenters. The maximum absolute atomic E-state index is 12.2. The van der Waals surface area contributed by atoms with Gasteiger partial charge in [0, 0.05) is 6.54 Å². The van der Waals surface area contributed by atoms with Gasteiger partial charge in [0.2, 0.25) is 11.8 Å². The first kappa shape index (κ1) is 18.9. The number of nitrogens with zero attached hydrogens (tertiary/aromatic N) is 1. The summed E-state index contributed by atoms with van der Waals surface area (Å²) in [7, 11) is 0. The molecule has 2 rings (SSSR count). The second-order valence-corrected chi connectivity index (χ2v) is 6.00. The van der Waals surface area contributed by atoms with Crippen molar-refractivity contribution in [3.8, 4) is 0 Å². The molecule has 0 unspecified atom stereocenters. The molecule has 1 saturated heterocycles. The highest BCUT2D eigenvalue weighted by molar-refractivity contribution is 6.05. The minimum Gasteiger partial charge on any atom is -0.456 e. The number of alkyl carbamates (subject to hydrolysis) is 1. The van der Waals surface area contributed by atoms with Crippen LogP contribution in [0.5, 0.6) is 0 Å². The van der Waals surface area contributed by atoms with Gasteiger partial charge >= 0.3 is 12.1 Å². The van der Waals surface area contributed by atoms with Crippen molar-refractivity contribution < 1.29 is 33.4 Å². The second-order valence-electron chi connectivity index (χ2n) is 6.00. The molecule has 9 nitrogen and oxygen atoms in total. The first-order valence-corrected chi connectivity index (χ1v) is 8.41. The highest BCUT2D eigenvalue weighted by Gasteiger charge is 2.47. The maximum atomic E-state index is 12.2. The molecule has 0 spiro atoms. The molecule has 2 fully saturated rings. The van der Waals surface area contributed by atoms with Gasteiger partial charge < -0.3 is 9.47 Å². The standard InChI is InChI=1S/C16H22N2O7/c1-2-24-16(23)17-12(19)9-25-13(20)7-8-18-14(21)10-5-3-4-6-11(10)15(18)22/h10-11H,2-9H2,1H3,(H,17,19,23)/t10-,11-/m0/s1. The maximum Gasteiger partial charge on any atom is 0.413 e. The van der Waals surface area contributed by atoms with Crippen LogP contribution in [0.15, 0.2) is 0 Å². The van der Waals surface area contributed by atoms with Crippen LogP contribution in [-0.4, -0.2) is 54.4 Å². The number of hydrogen-bond acceptors (Lipinski definition) is 7. The van der Waals surface area contributed by atoms with Crippen molar-refractivity contribution in [2.45, 2.75) is 39.0 Å². The molecule has 1 N–H and O–H groups in total. The third-order valence-corrected chi connectivity index (χ3v) is 4.35. The Morgan fingerprint density at radius 1 is 1.08 bits per heavy atom. The Hall–Kier alpha value is -2.45. The number of amides is 4. The lowest BCUT2D eigenvalue weighted by molar-refractivity contribution is -0.149. The molecule has 0 aromatic heterocycles. The lowest BCUT2D eigenvalue weighted by Gasteiger charge is -2.19. The Morgan fingerprint density at radius 3 is 2.24 bits per heavy atom. The van der Waals surface area contributed by atoms with E-state index in [1.165, 1.54) is 0 Å². The summed E-state index contributed by atoms with van der Waals surface area (Å²) < 4.78 is 9.24. The van der Waals surface area contributed by atoms with Crippen LogP contribution >= 0.6 is 0 Å². The lowest BCUT2D eigenvalue weighted by atomic mass is 9.81.